The van der Waals surface area contributed by atoms with Gasteiger partial charge in [0.25, 0.3) is 0 Å². The molecular weight excluding hydrogens is 188 g/mol. The molecule has 2 fully saturated rings. The minimum Gasteiger partial charge on any atom is -0.481 e. The molecule has 1 unspecified atom stereocenters. The molecule has 0 aromatic heterocycles. The zero-order valence-corrected chi connectivity index (χ0v) is 9.88. The first-order valence-electron chi connectivity index (χ1n) is 6.17. The van der Waals surface area contributed by atoms with Crippen molar-refractivity contribution in [3.8, 4) is 0 Å². The van der Waals surface area contributed by atoms with Gasteiger partial charge in [-0.1, -0.05) is 26.7 Å². The fourth-order valence-corrected chi connectivity index (χ4v) is 3.24. The summed E-state index contributed by atoms with van der Waals surface area (Å²) in [6, 6.07) is 0. The Balaban J connectivity index is 1.92. The molecule has 0 bridgehead atoms. The van der Waals surface area contributed by atoms with E-state index in [1.165, 1.54) is 25.7 Å². The van der Waals surface area contributed by atoms with Crippen molar-refractivity contribution in [2.24, 2.45) is 16.7 Å². The van der Waals surface area contributed by atoms with E-state index in [0.29, 0.717) is 11.3 Å². The fourth-order valence-electron chi connectivity index (χ4n) is 3.24. The summed E-state index contributed by atoms with van der Waals surface area (Å²) in [5, 5.41) is 9.16. The van der Waals surface area contributed by atoms with Gasteiger partial charge in [-0.15, -0.1) is 0 Å². The van der Waals surface area contributed by atoms with Crippen LogP contribution in [0.1, 0.15) is 58.8 Å². The molecule has 2 saturated carbocycles. The number of aliphatic carboxylic acids is 1. The lowest BCUT2D eigenvalue weighted by Gasteiger charge is -2.36. The third kappa shape index (κ3) is 2.35. The molecule has 15 heavy (non-hydrogen) atoms. The molecule has 0 saturated heterocycles. The molecule has 2 aliphatic carbocycles. The Labute approximate surface area is 92.1 Å². The first-order valence-corrected chi connectivity index (χ1v) is 6.17. The molecule has 0 heterocycles. The Morgan fingerprint density at radius 2 is 2.00 bits per heavy atom. The average Bonchev–Trinajstić information content (AvgIpc) is 2.83. The van der Waals surface area contributed by atoms with Crippen LogP contribution in [-0.4, -0.2) is 11.1 Å². The summed E-state index contributed by atoms with van der Waals surface area (Å²) >= 11 is 0. The molecule has 86 valence electrons. The van der Waals surface area contributed by atoms with Gasteiger partial charge in [0.2, 0.25) is 0 Å². The number of hydrogen-bond acceptors (Lipinski definition) is 1. The van der Waals surface area contributed by atoms with E-state index in [1.807, 2.05) is 0 Å². The molecule has 2 aliphatic rings. The quantitative estimate of drug-likeness (QED) is 0.774. The lowest BCUT2D eigenvalue weighted by molar-refractivity contribution is -0.144. The highest BCUT2D eigenvalue weighted by molar-refractivity contribution is 5.77. The van der Waals surface area contributed by atoms with Gasteiger partial charge in [0.15, 0.2) is 0 Å². The van der Waals surface area contributed by atoms with Crippen LogP contribution in [0.3, 0.4) is 0 Å². The Morgan fingerprint density at radius 1 is 1.33 bits per heavy atom. The molecule has 0 aliphatic heterocycles. The first kappa shape index (κ1) is 11.0. The Hall–Kier alpha value is -0.530. The maximum atomic E-state index is 11.1. The number of carbonyl (C=O) groups is 1. The second kappa shape index (κ2) is 3.50. The van der Waals surface area contributed by atoms with Gasteiger partial charge >= 0.3 is 5.97 Å². The summed E-state index contributed by atoms with van der Waals surface area (Å²) in [5.74, 6) is 0.109. The Bertz CT molecular complexity index is 264. The van der Waals surface area contributed by atoms with Gasteiger partial charge in [0.05, 0.1) is 5.41 Å². The van der Waals surface area contributed by atoms with Crippen LogP contribution >= 0.6 is 0 Å². The van der Waals surface area contributed by atoms with E-state index in [9.17, 15) is 4.79 Å². The zero-order valence-electron chi connectivity index (χ0n) is 9.88. The van der Waals surface area contributed by atoms with E-state index in [2.05, 4.69) is 13.8 Å². The van der Waals surface area contributed by atoms with Crippen molar-refractivity contribution in [2.45, 2.75) is 58.8 Å². The maximum absolute atomic E-state index is 11.1. The second-order valence-corrected chi connectivity index (χ2v) is 6.42. The Kier molecular flexibility index (Phi) is 2.56. The van der Waals surface area contributed by atoms with Gasteiger partial charge in [-0.05, 0) is 43.4 Å². The van der Waals surface area contributed by atoms with Crippen molar-refractivity contribution in [3.63, 3.8) is 0 Å². The molecular formula is C13H22O2. The molecule has 2 nitrogen and oxygen atoms in total. The molecule has 1 atom stereocenters. The predicted molar refractivity (Wildman–Crippen MR) is 59.7 cm³/mol. The molecule has 2 rings (SSSR count). The zero-order chi connectivity index (χ0) is 11.1. The van der Waals surface area contributed by atoms with Crippen molar-refractivity contribution < 1.29 is 9.90 Å². The van der Waals surface area contributed by atoms with Crippen LogP contribution in [0.25, 0.3) is 0 Å². The largest absolute Gasteiger partial charge is 0.481 e. The molecule has 1 N–H and O–H groups in total. The van der Waals surface area contributed by atoms with E-state index < -0.39 is 5.97 Å². The van der Waals surface area contributed by atoms with Crippen LogP contribution < -0.4 is 0 Å². The van der Waals surface area contributed by atoms with Gasteiger partial charge in [-0.3, -0.25) is 4.79 Å². The van der Waals surface area contributed by atoms with E-state index >= 15 is 0 Å². The first-order chi connectivity index (χ1) is 6.94. The summed E-state index contributed by atoms with van der Waals surface area (Å²) in [4.78, 5) is 11.1. The summed E-state index contributed by atoms with van der Waals surface area (Å²) in [6.45, 7) is 4.64. The summed E-state index contributed by atoms with van der Waals surface area (Å²) in [7, 11) is 0. The minimum atomic E-state index is -0.550. The van der Waals surface area contributed by atoms with Gasteiger partial charge in [0, 0.05) is 0 Å². The van der Waals surface area contributed by atoms with Crippen LogP contribution in [0.2, 0.25) is 0 Å². The topological polar surface area (TPSA) is 37.3 Å². The van der Waals surface area contributed by atoms with Crippen molar-refractivity contribution in [2.75, 3.05) is 0 Å². The van der Waals surface area contributed by atoms with E-state index in [4.69, 9.17) is 5.11 Å². The van der Waals surface area contributed by atoms with Crippen LogP contribution in [0.15, 0.2) is 0 Å². The van der Waals surface area contributed by atoms with Crippen molar-refractivity contribution >= 4 is 5.97 Å². The normalized spacial score (nSPS) is 32.3. The van der Waals surface area contributed by atoms with E-state index in [0.717, 1.165) is 19.3 Å². The van der Waals surface area contributed by atoms with Gasteiger partial charge in [-0.25, -0.2) is 0 Å². The highest BCUT2D eigenvalue weighted by Gasteiger charge is 2.51. The average molecular weight is 210 g/mol. The number of carboxylic acid groups (broad SMARTS) is 1. The van der Waals surface area contributed by atoms with E-state index in [1.54, 1.807) is 0 Å². The standard InChI is InChI=1S/C13H22O2/c1-12(2)5-3-4-10(8-12)9-13(6-7-13)11(14)15/h10H,3-9H2,1-2H3,(H,14,15). The van der Waals surface area contributed by atoms with Crippen molar-refractivity contribution in [1.29, 1.82) is 0 Å². The lowest BCUT2D eigenvalue weighted by atomic mass is 9.69. The summed E-state index contributed by atoms with van der Waals surface area (Å²) in [6.07, 6.45) is 7.84. The van der Waals surface area contributed by atoms with Gasteiger partial charge in [-0.2, -0.15) is 0 Å². The van der Waals surface area contributed by atoms with Crippen LogP contribution in [0, 0.1) is 16.7 Å². The monoisotopic (exact) mass is 210 g/mol. The molecule has 0 amide bonds. The lowest BCUT2D eigenvalue weighted by Crippen LogP contribution is -2.27. The fraction of sp³-hybridized carbons (Fsp3) is 0.923. The number of rotatable bonds is 3. The second-order valence-electron chi connectivity index (χ2n) is 6.42. The molecule has 0 radical (unpaired) electrons. The van der Waals surface area contributed by atoms with Crippen LogP contribution in [0.5, 0.6) is 0 Å². The van der Waals surface area contributed by atoms with Gasteiger partial charge < -0.3 is 5.11 Å². The summed E-state index contributed by atoms with van der Waals surface area (Å²) in [5.41, 5.74) is 0.135. The van der Waals surface area contributed by atoms with Crippen molar-refractivity contribution in [3.05, 3.63) is 0 Å². The number of carboxylic acids is 1. The third-order valence-corrected chi connectivity index (χ3v) is 4.29. The molecule has 0 spiro atoms. The van der Waals surface area contributed by atoms with Crippen LogP contribution in [0.4, 0.5) is 0 Å². The Morgan fingerprint density at radius 3 is 2.47 bits per heavy atom. The SMILES string of the molecule is CC1(C)CCCC(CC2(C(=O)O)CC2)C1. The van der Waals surface area contributed by atoms with E-state index in [-0.39, 0.29) is 5.41 Å². The van der Waals surface area contributed by atoms with Gasteiger partial charge in [0.1, 0.15) is 0 Å². The third-order valence-electron chi connectivity index (χ3n) is 4.29. The summed E-state index contributed by atoms with van der Waals surface area (Å²) < 4.78 is 0. The minimum absolute atomic E-state index is 0.307. The maximum Gasteiger partial charge on any atom is 0.309 e. The highest BCUT2D eigenvalue weighted by atomic mass is 16.4. The number of hydrogen-bond donors (Lipinski definition) is 1. The highest BCUT2D eigenvalue weighted by Crippen LogP contribution is 2.54. The molecule has 2 heteroatoms. The predicted octanol–water partition coefficient (Wildman–Crippen LogP) is 3.46. The van der Waals surface area contributed by atoms with Crippen LogP contribution in [-0.2, 0) is 4.79 Å². The molecule has 0 aromatic carbocycles. The molecule has 0 aromatic rings. The smallest absolute Gasteiger partial charge is 0.309 e. The van der Waals surface area contributed by atoms with Crippen molar-refractivity contribution in [1.82, 2.24) is 0 Å².